The Morgan fingerprint density at radius 2 is 2.17 bits per heavy atom. The molecule has 3 rings (SSSR count). The van der Waals surface area contributed by atoms with Crippen LogP contribution in [0.4, 0.5) is 0 Å². The van der Waals surface area contributed by atoms with E-state index in [0.717, 1.165) is 17.0 Å². The molecule has 6 nitrogen and oxygen atoms in total. The van der Waals surface area contributed by atoms with Crippen LogP contribution in [-0.4, -0.2) is 54.3 Å². The number of hydrogen-bond acceptors (Lipinski definition) is 5. The predicted octanol–water partition coefficient (Wildman–Crippen LogP) is 1.55. The number of rotatable bonds is 4. The molecule has 2 amide bonds. The molecule has 0 radical (unpaired) electrons. The molecule has 3 atom stereocenters. The second kappa shape index (κ2) is 5.90. The van der Waals surface area contributed by atoms with E-state index in [4.69, 9.17) is 0 Å². The van der Waals surface area contributed by atoms with Gasteiger partial charge in [-0.3, -0.25) is 9.59 Å². The van der Waals surface area contributed by atoms with E-state index in [0.29, 0.717) is 24.3 Å². The molecule has 0 bridgehead atoms. The van der Waals surface area contributed by atoms with Crippen LogP contribution in [-0.2, 0) is 14.8 Å². The minimum atomic E-state index is -3.61. The molecule has 2 aliphatic heterocycles. The van der Waals surface area contributed by atoms with Gasteiger partial charge in [0.15, 0.2) is 0 Å². The van der Waals surface area contributed by atoms with Crippen molar-refractivity contribution in [2.75, 3.05) is 12.8 Å². The minimum absolute atomic E-state index is 0.100. The number of carbonyl (C=O) groups is 2. The van der Waals surface area contributed by atoms with Gasteiger partial charge in [-0.1, -0.05) is 19.4 Å². The van der Waals surface area contributed by atoms with Crippen LogP contribution in [0.2, 0.25) is 0 Å². The number of nitrogens with zero attached hydrogens (tertiary/aromatic N) is 2. The second-order valence-corrected chi connectivity index (χ2v) is 8.92. The SMILES string of the molecule is CCC[C@H]1C(=O)N(S(C)(=O)=O)[C@H]2CCN(C(=O)c3cccs3)[C@H]12. The van der Waals surface area contributed by atoms with Crippen molar-refractivity contribution in [3.63, 3.8) is 0 Å². The van der Waals surface area contributed by atoms with Gasteiger partial charge in [-0.05, 0) is 24.3 Å². The van der Waals surface area contributed by atoms with Crippen molar-refractivity contribution in [2.24, 2.45) is 5.92 Å². The minimum Gasteiger partial charge on any atom is -0.332 e. The Labute approximate surface area is 140 Å². The van der Waals surface area contributed by atoms with Crippen LogP contribution in [0.15, 0.2) is 17.5 Å². The first-order valence-electron chi connectivity index (χ1n) is 7.74. The second-order valence-electron chi connectivity index (χ2n) is 6.11. The Hall–Kier alpha value is -1.41. The first-order chi connectivity index (χ1) is 10.9. The van der Waals surface area contributed by atoms with Gasteiger partial charge in [-0.25, -0.2) is 12.7 Å². The van der Waals surface area contributed by atoms with Gasteiger partial charge < -0.3 is 4.90 Å². The zero-order chi connectivity index (χ0) is 16.8. The van der Waals surface area contributed by atoms with Gasteiger partial charge in [0.05, 0.1) is 29.1 Å². The Kier molecular flexibility index (Phi) is 4.22. The van der Waals surface area contributed by atoms with E-state index in [1.165, 1.54) is 11.3 Å². The summed E-state index contributed by atoms with van der Waals surface area (Å²) >= 11 is 1.37. The molecule has 2 aliphatic rings. The molecule has 0 spiro atoms. The lowest BCUT2D eigenvalue weighted by Gasteiger charge is -2.27. The number of thiophene rings is 1. The third kappa shape index (κ3) is 2.67. The third-order valence-electron chi connectivity index (χ3n) is 4.62. The average molecular weight is 356 g/mol. The van der Waals surface area contributed by atoms with Crippen LogP contribution in [0.3, 0.4) is 0 Å². The quantitative estimate of drug-likeness (QED) is 0.820. The standard InChI is InChI=1S/C15H20N2O4S2/c1-3-5-10-13-11(17(14(10)18)23(2,20)21)7-8-16(13)15(19)12-6-4-9-22-12/h4,6,9-11,13H,3,5,7-8H2,1-2H3/t10-,11+,13-/m1/s1. The van der Waals surface area contributed by atoms with E-state index in [1.807, 2.05) is 18.4 Å². The van der Waals surface area contributed by atoms with Crippen LogP contribution >= 0.6 is 11.3 Å². The molecular weight excluding hydrogens is 336 g/mol. The van der Waals surface area contributed by atoms with E-state index in [-0.39, 0.29) is 17.9 Å². The summed E-state index contributed by atoms with van der Waals surface area (Å²) in [4.78, 5) is 27.7. The van der Waals surface area contributed by atoms with Gasteiger partial charge in [0, 0.05) is 6.54 Å². The lowest BCUT2D eigenvalue weighted by molar-refractivity contribution is -0.128. The summed E-state index contributed by atoms with van der Waals surface area (Å²) < 4.78 is 25.1. The number of carbonyl (C=O) groups excluding carboxylic acids is 2. The van der Waals surface area contributed by atoms with Crippen LogP contribution in [0.5, 0.6) is 0 Å². The van der Waals surface area contributed by atoms with Gasteiger partial charge >= 0.3 is 0 Å². The summed E-state index contributed by atoms with van der Waals surface area (Å²) in [5.41, 5.74) is 0. The summed E-state index contributed by atoms with van der Waals surface area (Å²) in [5, 5.41) is 1.84. The van der Waals surface area contributed by atoms with Crippen molar-refractivity contribution in [2.45, 2.75) is 38.3 Å². The van der Waals surface area contributed by atoms with E-state index < -0.39 is 22.0 Å². The molecule has 0 aromatic carbocycles. The Bertz CT molecular complexity index is 714. The Balaban J connectivity index is 1.96. The van der Waals surface area contributed by atoms with E-state index >= 15 is 0 Å². The third-order valence-corrected chi connectivity index (χ3v) is 6.64. The molecule has 8 heteroatoms. The highest BCUT2D eigenvalue weighted by Gasteiger charge is 2.57. The van der Waals surface area contributed by atoms with Crippen LogP contribution < -0.4 is 0 Å². The van der Waals surface area contributed by atoms with Crippen LogP contribution in [0.1, 0.15) is 35.9 Å². The molecule has 2 saturated heterocycles. The van der Waals surface area contributed by atoms with E-state index in [9.17, 15) is 18.0 Å². The van der Waals surface area contributed by atoms with Crippen molar-refractivity contribution in [3.05, 3.63) is 22.4 Å². The molecule has 1 aromatic heterocycles. The fraction of sp³-hybridized carbons (Fsp3) is 0.600. The van der Waals surface area contributed by atoms with Gasteiger partial charge in [-0.15, -0.1) is 11.3 Å². The van der Waals surface area contributed by atoms with Gasteiger partial charge in [0.1, 0.15) is 0 Å². The number of likely N-dealkylation sites (tertiary alicyclic amines) is 1. The summed E-state index contributed by atoms with van der Waals surface area (Å²) in [6, 6.07) is 2.82. The molecule has 126 valence electrons. The Morgan fingerprint density at radius 1 is 1.43 bits per heavy atom. The largest absolute Gasteiger partial charge is 0.332 e. The van der Waals surface area contributed by atoms with E-state index in [2.05, 4.69) is 0 Å². The van der Waals surface area contributed by atoms with Crippen molar-refractivity contribution in [3.8, 4) is 0 Å². The monoisotopic (exact) mass is 356 g/mol. The number of sulfonamides is 1. The average Bonchev–Trinajstić information content (AvgIpc) is 3.16. The van der Waals surface area contributed by atoms with Crippen LogP contribution in [0.25, 0.3) is 0 Å². The molecule has 3 heterocycles. The first-order valence-corrected chi connectivity index (χ1v) is 10.5. The summed E-state index contributed by atoms with van der Waals surface area (Å²) in [7, 11) is -3.61. The van der Waals surface area contributed by atoms with Gasteiger partial charge in [0.2, 0.25) is 15.9 Å². The lowest BCUT2D eigenvalue weighted by atomic mass is 9.94. The first kappa shape index (κ1) is 16.4. The van der Waals surface area contributed by atoms with Gasteiger partial charge in [0.25, 0.3) is 5.91 Å². The molecule has 1 aromatic rings. The summed E-state index contributed by atoms with van der Waals surface area (Å²) in [6.07, 6.45) is 2.96. The highest BCUT2D eigenvalue weighted by molar-refractivity contribution is 7.88. The highest BCUT2D eigenvalue weighted by atomic mass is 32.2. The number of amides is 2. The number of fused-ring (bicyclic) bond motifs is 1. The fourth-order valence-corrected chi connectivity index (χ4v) is 5.67. The van der Waals surface area contributed by atoms with Crippen molar-refractivity contribution in [1.29, 1.82) is 0 Å². The predicted molar refractivity (Wildman–Crippen MR) is 87.6 cm³/mol. The summed E-state index contributed by atoms with van der Waals surface area (Å²) in [5.74, 6) is -0.879. The smallest absolute Gasteiger partial charge is 0.264 e. The number of hydrogen-bond donors (Lipinski definition) is 0. The molecule has 0 N–H and O–H groups in total. The van der Waals surface area contributed by atoms with Gasteiger partial charge in [-0.2, -0.15) is 0 Å². The summed E-state index contributed by atoms with van der Waals surface area (Å²) in [6.45, 7) is 2.46. The maximum Gasteiger partial charge on any atom is 0.264 e. The molecule has 0 unspecified atom stereocenters. The molecular formula is C15H20N2O4S2. The maximum absolute atomic E-state index is 12.7. The molecule has 0 aliphatic carbocycles. The Morgan fingerprint density at radius 3 is 2.74 bits per heavy atom. The lowest BCUT2D eigenvalue weighted by Crippen LogP contribution is -2.43. The molecule has 0 saturated carbocycles. The highest BCUT2D eigenvalue weighted by Crippen LogP contribution is 2.40. The van der Waals surface area contributed by atoms with Crippen molar-refractivity contribution in [1.82, 2.24) is 9.21 Å². The zero-order valence-electron chi connectivity index (χ0n) is 13.1. The normalized spacial score (nSPS) is 27.6. The van der Waals surface area contributed by atoms with Crippen molar-refractivity contribution >= 4 is 33.2 Å². The van der Waals surface area contributed by atoms with E-state index in [1.54, 1.807) is 11.0 Å². The maximum atomic E-state index is 12.7. The topological polar surface area (TPSA) is 74.8 Å². The van der Waals surface area contributed by atoms with Crippen LogP contribution in [0, 0.1) is 5.92 Å². The molecule has 23 heavy (non-hydrogen) atoms. The van der Waals surface area contributed by atoms with Crippen molar-refractivity contribution < 1.29 is 18.0 Å². The fourth-order valence-electron chi connectivity index (χ4n) is 3.81. The molecule has 2 fully saturated rings. The zero-order valence-corrected chi connectivity index (χ0v) is 14.8.